The topological polar surface area (TPSA) is 90.4 Å². The molecule has 0 bridgehead atoms. The van der Waals surface area contributed by atoms with Gasteiger partial charge in [0.25, 0.3) is 0 Å². The molecule has 4 N–H and O–H groups in total. The smallest absolute Gasteiger partial charge is 0.144 e. The van der Waals surface area contributed by atoms with Gasteiger partial charge in [-0.3, -0.25) is 10.4 Å². The summed E-state index contributed by atoms with van der Waals surface area (Å²) < 4.78 is 14.4. The van der Waals surface area contributed by atoms with Crippen molar-refractivity contribution in [3.8, 4) is 11.3 Å². The number of fused-ring (bicyclic) bond motifs is 1. The molecule has 1 aromatic heterocycles. The molecular formula is C19H17FN6S. The number of allylic oxidation sites excluding steroid dienone is 3. The number of nitrogens with zero attached hydrogens (tertiary/aromatic N) is 3. The first-order chi connectivity index (χ1) is 13.1. The number of benzene rings is 1. The lowest BCUT2D eigenvalue weighted by atomic mass is 10.1. The zero-order chi connectivity index (χ0) is 19.0. The van der Waals surface area contributed by atoms with Crippen molar-refractivity contribution >= 4 is 29.1 Å². The monoisotopic (exact) mass is 380 g/mol. The van der Waals surface area contributed by atoms with Gasteiger partial charge in [0, 0.05) is 17.3 Å². The second kappa shape index (κ2) is 6.90. The van der Waals surface area contributed by atoms with Crippen molar-refractivity contribution in [1.82, 2.24) is 15.4 Å². The molecule has 8 heteroatoms. The second-order valence-electron chi connectivity index (χ2n) is 6.04. The standard InChI is InChI=1S/C19H17FN6S/c1-11-15(14-8-4-5-9-26(14)25-11)19-24-16(12-6-2-3-7-13(12)20)17(27-19)18(22)23-10-21/h2-11,25H,1H3,(H3,21,22,23). The Kier molecular flexibility index (Phi) is 4.43. The first-order valence-electron chi connectivity index (χ1n) is 8.33. The van der Waals surface area contributed by atoms with Gasteiger partial charge in [-0.2, -0.15) is 0 Å². The molecule has 3 heterocycles. The summed E-state index contributed by atoms with van der Waals surface area (Å²) >= 11 is 1.35. The van der Waals surface area contributed by atoms with Crippen molar-refractivity contribution in [2.75, 3.05) is 0 Å². The average molecular weight is 380 g/mol. The van der Waals surface area contributed by atoms with Crippen molar-refractivity contribution in [2.24, 2.45) is 10.7 Å². The van der Waals surface area contributed by atoms with E-state index < -0.39 is 0 Å². The predicted molar refractivity (Wildman–Crippen MR) is 107 cm³/mol. The summed E-state index contributed by atoms with van der Waals surface area (Å²) in [5.74, 6) is -0.234. The zero-order valence-corrected chi connectivity index (χ0v) is 15.3. The Morgan fingerprint density at radius 2 is 2.22 bits per heavy atom. The molecule has 4 rings (SSSR count). The number of aromatic nitrogens is 1. The first kappa shape index (κ1) is 17.3. The summed E-state index contributed by atoms with van der Waals surface area (Å²) in [7, 11) is 0. The normalized spacial score (nSPS) is 19.0. The molecule has 1 unspecified atom stereocenters. The van der Waals surface area contributed by atoms with E-state index in [9.17, 15) is 4.39 Å². The molecule has 0 fully saturated rings. The fourth-order valence-electron chi connectivity index (χ4n) is 3.14. The Labute approximate surface area is 159 Å². The van der Waals surface area contributed by atoms with E-state index in [2.05, 4.69) is 10.4 Å². The van der Waals surface area contributed by atoms with Gasteiger partial charge in [0.05, 0.1) is 22.3 Å². The number of rotatable bonds is 4. The van der Waals surface area contributed by atoms with Crippen molar-refractivity contribution in [2.45, 2.75) is 13.0 Å². The number of amidine groups is 1. The number of hydrogen-bond donors (Lipinski definition) is 3. The molecule has 2 aliphatic heterocycles. The van der Waals surface area contributed by atoms with Crippen LogP contribution in [0.25, 0.3) is 16.8 Å². The predicted octanol–water partition coefficient (Wildman–Crippen LogP) is 3.26. The van der Waals surface area contributed by atoms with Gasteiger partial charge in [0.1, 0.15) is 23.0 Å². The summed E-state index contributed by atoms with van der Waals surface area (Å²) in [5.41, 5.74) is 12.2. The lowest BCUT2D eigenvalue weighted by molar-refractivity contribution is 0.360. The molecule has 136 valence electrons. The van der Waals surface area contributed by atoms with Crippen molar-refractivity contribution in [1.29, 1.82) is 5.41 Å². The van der Waals surface area contributed by atoms with Crippen LogP contribution in [-0.2, 0) is 0 Å². The Morgan fingerprint density at radius 3 is 3.00 bits per heavy atom. The van der Waals surface area contributed by atoms with E-state index in [4.69, 9.17) is 16.1 Å². The van der Waals surface area contributed by atoms with E-state index in [1.54, 1.807) is 18.2 Å². The molecule has 27 heavy (non-hydrogen) atoms. The van der Waals surface area contributed by atoms with Crippen LogP contribution in [0.15, 0.2) is 59.4 Å². The minimum Gasteiger partial charge on any atom is -0.382 e. The van der Waals surface area contributed by atoms with E-state index >= 15 is 0 Å². The molecule has 0 saturated carbocycles. The summed E-state index contributed by atoms with van der Waals surface area (Å²) in [4.78, 5) is 9.14. The molecule has 0 aliphatic carbocycles. The van der Waals surface area contributed by atoms with Crippen molar-refractivity contribution in [3.05, 3.63) is 70.1 Å². The minimum atomic E-state index is -0.379. The van der Waals surface area contributed by atoms with Crippen molar-refractivity contribution in [3.63, 3.8) is 0 Å². The van der Waals surface area contributed by atoms with E-state index in [0.717, 1.165) is 22.6 Å². The van der Waals surface area contributed by atoms with Gasteiger partial charge in [0.2, 0.25) is 0 Å². The third-order valence-electron chi connectivity index (χ3n) is 4.32. The molecule has 2 aliphatic rings. The minimum absolute atomic E-state index is 0.0285. The van der Waals surface area contributed by atoms with Gasteiger partial charge in [0.15, 0.2) is 0 Å². The van der Waals surface area contributed by atoms with Crippen LogP contribution in [0.3, 0.4) is 0 Å². The molecule has 2 aromatic rings. The van der Waals surface area contributed by atoms with Gasteiger partial charge in [-0.25, -0.2) is 19.8 Å². The quantitative estimate of drug-likeness (QED) is 0.561. The number of nitrogens with one attached hydrogen (secondary N) is 2. The Morgan fingerprint density at radius 1 is 1.41 bits per heavy atom. The van der Waals surface area contributed by atoms with Gasteiger partial charge in [-0.1, -0.05) is 18.2 Å². The highest BCUT2D eigenvalue weighted by Crippen LogP contribution is 2.38. The van der Waals surface area contributed by atoms with Gasteiger partial charge < -0.3 is 5.73 Å². The highest BCUT2D eigenvalue weighted by atomic mass is 32.1. The maximum absolute atomic E-state index is 14.4. The zero-order valence-electron chi connectivity index (χ0n) is 14.5. The van der Waals surface area contributed by atoms with Crippen LogP contribution >= 0.6 is 11.3 Å². The summed E-state index contributed by atoms with van der Waals surface area (Å²) in [6, 6.07) is 6.47. The number of hydrogen-bond acceptors (Lipinski definition) is 5. The van der Waals surface area contributed by atoms with Crippen LogP contribution in [0.5, 0.6) is 0 Å². The van der Waals surface area contributed by atoms with Crippen LogP contribution in [0.4, 0.5) is 4.39 Å². The highest BCUT2D eigenvalue weighted by Gasteiger charge is 2.31. The Hall–Kier alpha value is -3.10. The largest absolute Gasteiger partial charge is 0.382 e. The molecule has 0 radical (unpaired) electrons. The van der Waals surface area contributed by atoms with Crippen LogP contribution in [0.2, 0.25) is 0 Å². The SMILES string of the molecule is CC1NN2C=CC=CC2=C1c1nc(-c2ccccc2F)c(C(N)=NC=N)s1. The third kappa shape index (κ3) is 2.98. The summed E-state index contributed by atoms with van der Waals surface area (Å²) in [6.45, 7) is 2.04. The third-order valence-corrected chi connectivity index (χ3v) is 5.44. The summed E-state index contributed by atoms with van der Waals surface area (Å²) in [5, 5.41) is 9.88. The molecule has 6 nitrogen and oxygen atoms in total. The Balaban J connectivity index is 1.92. The molecule has 0 amide bonds. The molecule has 0 spiro atoms. The first-order valence-corrected chi connectivity index (χ1v) is 9.15. The number of aliphatic imine (C=N–C) groups is 1. The fraction of sp³-hybridized carbons (Fsp3) is 0.105. The van der Waals surface area contributed by atoms with E-state index in [1.807, 2.05) is 36.4 Å². The average Bonchev–Trinajstić information content (AvgIpc) is 3.22. The number of nitrogens with two attached hydrogens (primary N) is 1. The van der Waals surface area contributed by atoms with E-state index in [-0.39, 0.29) is 17.7 Å². The highest BCUT2D eigenvalue weighted by molar-refractivity contribution is 7.15. The van der Waals surface area contributed by atoms with Gasteiger partial charge in [-0.05, 0) is 31.2 Å². The van der Waals surface area contributed by atoms with Crippen LogP contribution in [0.1, 0.15) is 16.8 Å². The summed E-state index contributed by atoms with van der Waals surface area (Å²) in [6.07, 6.45) is 8.72. The molecule has 1 aromatic carbocycles. The maximum atomic E-state index is 14.4. The fourth-order valence-corrected chi connectivity index (χ4v) is 4.27. The van der Waals surface area contributed by atoms with Gasteiger partial charge in [-0.15, -0.1) is 11.3 Å². The Bertz CT molecular complexity index is 1030. The van der Waals surface area contributed by atoms with Crippen LogP contribution < -0.4 is 11.2 Å². The molecule has 0 saturated heterocycles. The number of hydrazine groups is 1. The molecular weight excluding hydrogens is 363 g/mol. The van der Waals surface area contributed by atoms with E-state index in [0.29, 0.717) is 16.1 Å². The van der Waals surface area contributed by atoms with Crippen molar-refractivity contribution < 1.29 is 4.39 Å². The lowest BCUT2D eigenvalue weighted by Gasteiger charge is -2.18. The second-order valence-corrected chi connectivity index (χ2v) is 7.04. The van der Waals surface area contributed by atoms with Crippen LogP contribution in [0, 0.1) is 11.2 Å². The number of thiazole rings is 1. The number of halogens is 1. The van der Waals surface area contributed by atoms with Gasteiger partial charge >= 0.3 is 0 Å². The van der Waals surface area contributed by atoms with E-state index in [1.165, 1.54) is 17.4 Å². The van der Waals surface area contributed by atoms with Crippen LogP contribution in [-0.4, -0.2) is 28.2 Å². The lowest BCUT2D eigenvalue weighted by Crippen LogP contribution is -2.32. The maximum Gasteiger partial charge on any atom is 0.144 e. The molecule has 1 atom stereocenters.